The molecule has 0 fully saturated rings. The fraction of sp³-hybridized carbons (Fsp3) is 0.333. The first-order chi connectivity index (χ1) is 6.56. The normalized spacial score (nSPS) is 12.2. The van der Waals surface area contributed by atoms with E-state index in [4.69, 9.17) is 10.2 Å². The van der Waals surface area contributed by atoms with E-state index < -0.39 is 0 Å². The van der Waals surface area contributed by atoms with Crippen molar-refractivity contribution in [1.82, 2.24) is 0 Å². The summed E-state index contributed by atoms with van der Waals surface area (Å²) in [4.78, 5) is 0. The van der Waals surface area contributed by atoms with Crippen molar-refractivity contribution in [3.05, 3.63) is 36.1 Å². The third kappa shape index (κ3) is 1.80. The van der Waals surface area contributed by atoms with E-state index in [0.29, 0.717) is 0 Å². The van der Waals surface area contributed by atoms with E-state index in [2.05, 4.69) is 6.07 Å². The minimum atomic E-state index is -0.188. The molecule has 0 radical (unpaired) electrons. The Hall–Kier alpha value is -1.28. The van der Waals surface area contributed by atoms with Gasteiger partial charge in [0, 0.05) is 10.9 Å². The summed E-state index contributed by atoms with van der Waals surface area (Å²) in [6, 6.07) is 8.04. The predicted molar refractivity (Wildman–Crippen MR) is 58.2 cm³/mol. The number of rotatable bonds is 2. The zero-order valence-electron chi connectivity index (χ0n) is 8.58. The second kappa shape index (κ2) is 3.14. The van der Waals surface area contributed by atoms with Crippen molar-refractivity contribution in [2.45, 2.75) is 25.8 Å². The largest absolute Gasteiger partial charge is 0.464 e. The van der Waals surface area contributed by atoms with Gasteiger partial charge in [-0.25, -0.2) is 0 Å². The molecule has 14 heavy (non-hydrogen) atoms. The molecule has 2 rings (SSSR count). The van der Waals surface area contributed by atoms with Crippen LogP contribution < -0.4 is 5.73 Å². The number of nitrogens with two attached hydrogens (primary N) is 1. The highest BCUT2D eigenvalue weighted by Gasteiger charge is 2.15. The molecule has 0 aliphatic carbocycles. The highest BCUT2D eigenvalue weighted by atomic mass is 16.3. The molecule has 0 saturated heterocycles. The molecule has 0 atom stereocenters. The Morgan fingerprint density at radius 3 is 2.71 bits per heavy atom. The molecule has 2 nitrogen and oxygen atoms in total. The molecule has 0 unspecified atom stereocenters. The number of furan rings is 1. The molecule has 0 amide bonds. The number of hydrogen-bond acceptors (Lipinski definition) is 2. The SMILES string of the molecule is CC(C)(N)Cc1coc2ccccc12. The zero-order chi connectivity index (χ0) is 10.2. The number of benzene rings is 1. The standard InChI is InChI=1S/C12H15NO/c1-12(2,13)7-9-8-14-11-6-4-3-5-10(9)11/h3-6,8H,7,13H2,1-2H3. The lowest BCUT2D eigenvalue weighted by Gasteiger charge is -2.16. The highest BCUT2D eigenvalue weighted by Crippen LogP contribution is 2.23. The van der Waals surface area contributed by atoms with Gasteiger partial charge in [0.2, 0.25) is 0 Å². The van der Waals surface area contributed by atoms with Gasteiger partial charge in [-0.15, -0.1) is 0 Å². The molecule has 0 spiro atoms. The Kier molecular flexibility index (Phi) is 2.08. The van der Waals surface area contributed by atoms with Crippen molar-refractivity contribution in [3.8, 4) is 0 Å². The van der Waals surface area contributed by atoms with Crippen LogP contribution >= 0.6 is 0 Å². The maximum atomic E-state index is 5.98. The average molecular weight is 189 g/mol. The molecule has 1 aromatic carbocycles. The summed E-state index contributed by atoms with van der Waals surface area (Å²) in [5, 5.41) is 1.17. The molecule has 1 aromatic heterocycles. The summed E-state index contributed by atoms with van der Waals surface area (Å²) < 4.78 is 5.44. The molecular weight excluding hydrogens is 174 g/mol. The van der Waals surface area contributed by atoms with E-state index in [-0.39, 0.29) is 5.54 Å². The van der Waals surface area contributed by atoms with Crippen LogP contribution in [0.25, 0.3) is 11.0 Å². The van der Waals surface area contributed by atoms with Gasteiger partial charge in [-0.3, -0.25) is 0 Å². The lowest BCUT2D eigenvalue weighted by Crippen LogP contribution is -2.34. The first-order valence-electron chi connectivity index (χ1n) is 4.80. The minimum absolute atomic E-state index is 0.188. The lowest BCUT2D eigenvalue weighted by molar-refractivity contribution is 0.511. The van der Waals surface area contributed by atoms with Gasteiger partial charge < -0.3 is 10.2 Å². The molecule has 0 saturated carbocycles. The van der Waals surface area contributed by atoms with Crippen LogP contribution in [0.5, 0.6) is 0 Å². The Morgan fingerprint density at radius 1 is 1.29 bits per heavy atom. The maximum absolute atomic E-state index is 5.98. The zero-order valence-corrected chi connectivity index (χ0v) is 8.58. The number of fused-ring (bicyclic) bond motifs is 1. The first kappa shape index (κ1) is 9.28. The van der Waals surface area contributed by atoms with Gasteiger partial charge in [-0.1, -0.05) is 18.2 Å². The van der Waals surface area contributed by atoms with Gasteiger partial charge in [0.05, 0.1) is 6.26 Å². The fourth-order valence-corrected chi connectivity index (χ4v) is 1.66. The smallest absolute Gasteiger partial charge is 0.134 e. The second-order valence-corrected chi connectivity index (χ2v) is 4.42. The molecule has 2 aromatic rings. The van der Waals surface area contributed by atoms with Crippen molar-refractivity contribution in [3.63, 3.8) is 0 Å². The predicted octanol–water partition coefficient (Wildman–Crippen LogP) is 2.71. The van der Waals surface area contributed by atoms with Crippen LogP contribution in [0.1, 0.15) is 19.4 Å². The third-order valence-electron chi connectivity index (χ3n) is 2.21. The Labute approximate surface area is 83.7 Å². The highest BCUT2D eigenvalue weighted by molar-refractivity contribution is 5.80. The molecule has 74 valence electrons. The van der Waals surface area contributed by atoms with Crippen LogP contribution in [0, 0.1) is 0 Å². The van der Waals surface area contributed by atoms with E-state index >= 15 is 0 Å². The van der Waals surface area contributed by atoms with Crippen molar-refractivity contribution >= 4 is 11.0 Å². The summed E-state index contributed by atoms with van der Waals surface area (Å²) in [6.45, 7) is 4.05. The summed E-state index contributed by atoms with van der Waals surface area (Å²) in [5.41, 5.74) is 7.91. The van der Waals surface area contributed by atoms with Crippen molar-refractivity contribution < 1.29 is 4.42 Å². The van der Waals surface area contributed by atoms with Crippen molar-refractivity contribution in [2.75, 3.05) is 0 Å². The van der Waals surface area contributed by atoms with Crippen LogP contribution in [0.15, 0.2) is 34.9 Å². The molecule has 1 heterocycles. The molecule has 0 bridgehead atoms. The number of hydrogen-bond donors (Lipinski definition) is 1. The van der Waals surface area contributed by atoms with Crippen molar-refractivity contribution in [2.24, 2.45) is 5.73 Å². The van der Waals surface area contributed by atoms with E-state index in [1.807, 2.05) is 32.0 Å². The van der Waals surface area contributed by atoms with Gasteiger partial charge in [0.15, 0.2) is 0 Å². The first-order valence-corrected chi connectivity index (χ1v) is 4.80. The summed E-state index contributed by atoms with van der Waals surface area (Å²) in [5.74, 6) is 0. The van der Waals surface area contributed by atoms with Crippen LogP contribution in [-0.2, 0) is 6.42 Å². The minimum Gasteiger partial charge on any atom is -0.464 e. The van der Waals surface area contributed by atoms with Gasteiger partial charge in [0.25, 0.3) is 0 Å². The third-order valence-corrected chi connectivity index (χ3v) is 2.21. The Morgan fingerprint density at radius 2 is 2.00 bits per heavy atom. The quantitative estimate of drug-likeness (QED) is 0.788. The average Bonchev–Trinajstić information content (AvgIpc) is 2.47. The van der Waals surface area contributed by atoms with E-state index in [9.17, 15) is 0 Å². The van der Waals surface area contributed by atoms with Crippen molar-refractivity contribution in [1.29, 1.82) is 0 Å². The van der Waals surface area contributed by atoms with Gasteiger partial charge in [-0.05, 0) is 31.9 Å². The fourth-order valence-electron chi connectivity index (χ4n) is 1.66. The summed E-state index contributed by atoms with van der Waals surface area (Å²) in [7, 11) is 0. The summed E-state index contributed by atoms with van der Waals surface area (Å²) >= 11 is 0. The molecule has 2 N–H and O–H groups in total. The topological polar surface area (TPSA) is 39.2 Å². The monoisotopic (exact) mass is 189 g/mol. The Balaban J connectivity index is 2.44. The van der Waals surface area contributed by atoms with Gasteiger partial charge >= 0.3 is 0 Å². The van der Waals surface area contributed by atoms with Gasteiger partial charge in [-0.2, -0.15) is 0 Å². The van der Waals surface area contributed by atoms with E-state index in [1.165, 1.54) is 10.9 Å². The molecule has 0 aliphatic rings. The molecule has 0 aliphatic heterocycles. The molecular formula is C12H15NO. The van der Waals surface area contributed by atoms with Crippen LogP contribution in [0.4, 0.5) is 0 Å². The van der Waals surface area contributed by atoms with Crippen LogP contribution in [0.3, 0.4) is 0 Å². The molecule has 2 heteroatoms. The number of para-hydroxylation sites is 1. The Bertz CT molecular complexity index is 437. The van der Waals surface area contributed by atoms with E-state index in [1.54, 1.807) is 6.26 Å². The lowest BCUT2D eigenvalue weighted by atomic mass is 9.96. The second-order valence-electron chi connectivity index (χ2n) is 4.42. The van der Waals surface area contributed by atoms with Crippen LogP contribution in [-0.4, -0.2) is 5.54 Å². The van der Waals surface area contributed by atoms with E-state index in [0.717, 1.165) is 12.0 Å². The van der Waals surface area contributed by atoms with Gasteiger partial charge in [0.1, 0.15) is 5.58 Å². The summed E-state index contributed by atoms with van der Waals surface area (Å²) in [6.07, 6.45) is 2.64. The van der Waals surface area contributed by atoms with Crippen LogP contribution in [0.2, 0.25) is 0 Å². The maximum Gasteiger partial charge on any atom is 0.134 e.